The fourth-order valence-corrected chi connectivity index (χ4v) is 13.7. The minimum Gasteiger partial charge on any atom is -0.390 e. The van der Waals surface area contributed by atoms with Crippen molar-refractivity contribution in [1.82, 2.24) is 10.6 Å². The lowest BCUT2D eigenvalue weighted by molar-refractivity contribution is -0.205. The molecule has 1 saturated heterocycles. The largest absolute Gasteiger partial charge is 0.390 e. The summed E-state index contributed by atoms with van der Waals surface area (Å²) >= 11 is 0. The molecule has 5 fully saturated rings. The summed E-state index contributed by atoms with van der Waals surface area (Å²) in [5, 5.41) is 66.9. The topological polar surface area (TPSA) is 178 Å². The highest BCUT2D eigenvalue weighted by Crippen LogP contribution is 2.71. The number of nitrogens with one attached hydrogen (secondary N) is 2. The molecule has 2 heterocycles. The molecule has 2 aliphatic heterocycles. The molecule has 0 aromatic heterocycles. The maximum Gasteiger partial charge on any atom is 0.159 e. The third-order valence-corrected chi connectivity index (χ3v) is 16.4. The van der Waals surface area contributed by atoms with E-state index in [2.05, 4.69) is 31.4 Å². The summed E-state index contributed by atoms with van der Waals surface area (Å²) in [6.07, 6.45) is 13.8. The molecule has 10 nitrogen and oxygen atoms in total. The summed E-state index contributed by atoms with van der Waals surface area (Å²) in [6.45, 7) is 8.88. The van der Waals surface area contributed by atoms with Crippen molar-refractivity contribution >= 4 is 5.78 Å². The van der Waals surface area contributed by atoms with Gasteiger partial charge in [0.05, 0.1) is 41.8 Å². The fourth-order valence-electron chi connectivity index (χ4n) is 13.7. The number of carbonyl (C=O) groups is 1. The summed E-state index contributed by atoms with van der Waals surface area (Å²) < 4.78 is 6.72. The van der Waals surface area contributed by atoms with Crippen molar-refractivity contribution in [2.75, 3.05) is 13.6 Å². The molecule has 298 valence electrons. The monoisotopic (exact) mass is 740 g/mol. The Morgan fingerprint density at radius 2 is 1.91 bits per heavy atom. The number of nitrogens with two attached hydrogens (primary N) is 1. The van der Waals surface area contributed by atoms with E-state index in [1.54, 1.807) is 13.0 Å². The second kappa shape index (κ2) is 14.7. The van der Waals surface area contributed by atoms with Gasteiger partial charge < -0.3 is 46.6 Å². The van der Waals surface area contributed by atoms with Gasteiger partial charge in [-0.05, 0) is 149 Å². The predicted octanol–water partition coefficient (Wildman–Crippen LogP) is 3.85. The van der Waals surface area contributed by atoms with Gasteiger partial charge in [-0.15, -0.1) is 0 Å². The number of aliphatic hydroxyl groups excluding tert-OH is 3. The number of ether oxygens (including phenoxy) is 1. The number of hydrogen-bond donors (Lipinski definition) is 8. The van der Waals surface area contributed by atoms with Crippen LogP contribution in [0.5, 0.6) is 0 Å². The third-order valence-electron chi connectivity index (χ3n) is 16.4. The van der Waals surface area contributed by atoms with E-state index in [0.717, 1.165) is 30.8 Å². The zero-order valence-corrected chi connectivity index (χ0v) is 32.8. The van der Waals surface area contributed by atoms with Crippen LogP contribution in [0, 0.1) is 52.3 Å². The number of rotatable bonds is 10. The highest BCUT2D eigenvalue weighted by atomic mass is 16.5. The average Bonchev–Trinajstić information content (AvgIpc) is 3.49. The van der Waals surface area contributed by atoms with Crippen molar-refractivity contribution in [2.45, 2.75) is 159 Å². The number of fused-ring (bicyclic) bond motifs is 6. The van der Waals surface area contributed by atoms with E-state index in [1.165, 1.54) is 19.3 Å². The summed E-state index contributed by atoms with van der Waals surface area (Å²) in [5.74, 6) is -0.102. The normalized spacial score (nSPS) is 48.2. The molecule has 0 spiro atoms. The molecule has 5 aliphatic carbocycles. The molecule has 0 radical (unpaired) electrons. The summed E-state index contributed by atoms with van der Waals surface area (Å²) in [4.78, 5) is 14.4. The molecule has 0 bridgehead atoms. The Morgan fingerprint density at radius 1 is 1.15 bits per heavy atom. The van der Waals surface area contributed by atoms with Crippen LogP contribution >= 0.6 is 0 Å². The molecule has 0 aromatic carbocycles. The highest BCUT2D eigenvalue weighted by molar-refractivity contribution is 5.95. The molecule has 0 aromatic rings. The molecule has 9 N–H and O–H groups in total. The molecule has 10 heteroatoms. The van der Waals surface area contributed by atoms with Gasteiger partial charge in [0, 0.05) is 17.5 Å². The molecule has 17 atom stereocenters. The van der Waals surface area contributed by atoms with Gasteiger partial charge in [0.1, 0.15) is 6.10 Å². The van der Waals surface area contributed by atoms with Gasteiger partial charge in [0.25, 0.3) is 0 Å². The molecule has 53 heavy (non-hydrogen) atoms. The number of hydrogen-bond acceptors (Lipinski definition) is 10. The zero-order chi connectivity index (χ0) is 38.1. The van der Waals surface area contributed by atoms with E-state index in [4.69, 9.17) is 10.5 Å². The maximum atomic E-state index is 14.4. The van der Waals surface area contributed by atoms with E-state index >= 15 is 0 Å². The third kappa shape index (κ3) is 6.43. The van der Waals surface area contributed by atoms with Crippen LogP contribution in [0.15, 0.2) is 35.6 Å². The van der Waals surface area contributed by atoms with Gasteiger partial charge in [-0.25, -0.2) is 0 Å². The number of allylic oxidation sites excluding steroid dienone is 3. The van der Waals surface area contributed by atoms with Crippen molar-refractivity contribution in [2.24, 2.45) is 58.0 Å². The first kappa shape index (κ1) is 39.6. The lowest BCUT2D eigenvalue weighted by Crippen LogP contribution is -2.66. The number of dihydropyridines is 1. The quantitative estimate of drug-likeness (QED) is 0.164. The van der Waals surface area contributed by atoms with Crippen LogP contribution in [-0.2, 0) is 9.53 Å². The second-order valence-electron chi connectivity index (χ2n) is 19.1. The summed E-state index contributed by atoms with van der Waals surface area (Å²) in [7, 11) is 1.92. The van der Waals surface area contributed by atoms with Crippen LogP contribution in [0.1, 0.15) is 111 Å². The average molecular weight is 740 g/mol. The highest BCUT2D eigenvalue weighted by Gasteiger charge is 2.72. The van der Waals surface area contributed by atoms with Gasteiger partial charge in [0.15, 0.2) is 5.78 Å². The SMILES string of the molecule is CCCC1CCC2OC(C(O)C(C)(O)C3CCC4(O)C5=CC(=O)C6CC(O)C(O)CC6(CCC6=CNC(N)C=C6)C5C(CNC)CC34C)C(C)C2CC1. The van der Waals surface area contributed by atoms with Crippen LogP contribution < -0.4 is 16.4 Å². The standard InChI is InChI=1S/C43H69N3O7/c1-6-7-25-8-11-28-24(2)38(53-34(28)12-9-25)39(50)41(4,51)35-15-17-43(52)30-19-31(47)29-18-32(48)33(49)21-42(29,16-14-26-10-13-36(44)46-22-26)37(30)27(23-45-5)20-40(35,43)3/h10,13,19,22,24-25,27-29,32-39,45-46,48-52H,6-9,11-12,14-18,20-21,23,44H2,1-5H3. The van der Waals surface area contributed by atoms with Crippen LogP contribution in [0.2, 0.25) is 0 Å². The summed E-state index contributed by atoms with van der Waals surface area (Å²) in [6, 6.07) is 0. The Labute approximate surface area is 317 Å². The molecule has 7 aliphatic rings. The van der Waals surface area contributed by atoms with Crippen molar-refractivity contribution in [1.29, 1.82) is 0 Å². The molecule has 7 rings (SSSR count). The molecule has 4 saturated carbocycles. The van der Waals surface area contributed by atoms with E-state index in [9.17, 15) is 30.3 Å². The van der Waals surface area contributed by atoms with Crippen LogP contribution in [0.3, 0.4) is 0 Å². The van der Waals surface area contributed by atoms with Crippen LogP contribution in [0.25, 0.3) is 0 Å². The minimum atomic E-state index is -1.55. The maximum absolute atomic E-state index is 14.4. The first-order valence-electron chi connectivity index (χ1n) is 21.0. The van der Waals surface area contributed by atoms with Crippen molar-refractivity contribution < 1.29 is 35.1 Å². The Morgan fingerprint density at radius 3 is 2.60 bits per heavy atom. The molecular weight excluding hydrogens is 670 g/mol. The zero-order valence-electron chi connectivity index (χ0n) is 32.8. The predicted molar refractivity (Wildman–Crippen MR) is 204 cm³/mol. The first-order valence-corrected chi connectivity index (χ1v) is 21.0. The fraction of sp³-hybridized carbons (Fsp3) is 0.837. The minimum absolute atomic E-state index is 0.0325. The smallest absolute Gasteiger partial charge is 0.159 e. The van der Waals surface area contributed by atoms with E-state index in [1.807, 2.05) is 25.4 Å². The van der Waals surface area contributed by atoms with Gasteiger partial charge >= 0.3 is 0 Å². The summed E-state index contributed by atoms with van der Waals surface area (Å²) in [5.41, 5.74) is 3.30. The van der Waals surface area contributed by atoms with Crippen molar-refractivity contribution in [3.63, 3.8) is 0 Å². The van der Waals surface area contributed by atoms with Gasteiger partial charge in [-0.3, -0.25) is 4.79 Å². The Bertz CT molecular complexity index is 1460. The van der Waals surface area contributed by atoms with Gasteiger partial charge in [-0.1, -0.05) is 46.1 Å². The van der Waals surface area contributed by atoms with Crippen LogP contribution in [-0.4, -0.2) is 92.8 Å². The number of carbonyl (C=O) groups excluding carboxylic acids is 1. The first-order chi connectivity index (χ1) is 25.1. The molecular formula is C43H69N3O7. The lowest BCUT2D eigenvalue weighted by atomic mass is 9.41. The second-order valence-corrected chi connectivity index (χ2v) is 19.1. The van der Waals surface area contributed by atoms with Crippen LogP contribution in [0.4, 0.5) is 0 Å². The number of ketones is 1. The molecule has 17 unspecified atom stereocenters. The van der Waals surface area contributed by atoms with Crippen molar-refractivity contribution in [3.8, 4) is 0 Å². The van der Waals surface area contributed by atoms with E-state index in [-0.39, 0.29) is 48.6 Å². The van der Waals surface area contributed by atoms with E-state index in [0.29, 0.717) is 50.1 Å². The molecule has 0 amide bonds. The lowest BCUT2D eigenvalue weighted by Gasteiger charge is -2.64. The Hall–Kier alpha value is -1.63. The van der Waals surface area contributed by atoms with Gasteiger partial charge in [-0.2, -0.15) is 0 Å². The van der Waals surface area contributed by atoms with Gasteiger partial charge in [0.2, 0.25) is 0 Å². The number of aliphatic hydroxyl groups is 5. The van der Waals surface area contributed by atoms with E-state index < -0.39 is 58.3 Å². The van der Waals surface area contributed by atoms with Crippen molar-refractivity contribution in [3.05, 3.63) is 35.6 Å². The Kier molecular flexibility index (Phi) is 11.0. The Balaban J connectivity index is 1.21.